The summed E-state index contributed by atoms with van der Waals surface area (Å²) in [6.45, 7) is 7.45. The Labute approximate surface area is 64.7 Å². The highest BCUT2D eigenvalue weighted by Crippen LogP contribution is 2.06. The largest absolute Gasteiger partial charge is 0.300 e. The summed E-state index contributed by atoms with van der Waals surface area (Å²) in [5.41, 5.74) is 0. The average Bonchev–Trinajstić information content (AvgIpc) is 1.85. The zero-order valence-corrected chi connectivity index (χ0v) is 7.39. The highest BCUT2D eigenvalue weighted by atomic mass is 15.0. The molecule has 0 rings (SSSR count). The van der Waals surface area contributed by atoms with Gasteiger partial charge in [-0.1, -0.05) is 19.1 Å². The summed E-state index contributed by atoms with van der Waals surface area (Å²) in [6, 6.07) is 0. The predicted octanol–water partition coefficient (Wildman–Crippen LogP) is 2.19. The van der Waals surface area contributed by atoms with Gasteiger partial charge in [0.2, 0.25) is 0 Å². The minimum atomic E-state index is 0.618. The molecule has 1 nitrogen and oxygen atoms in total. The first kappa shape index (κ1) is 9.70. The van der Waals surface area contributed by atoms with E-state index in [0.29, 0.717) is 5.92 Å². The molecular formula is C9H17N. The molecule has 1 atom stereocenters. The van der Waals surface area contributed by atoms with Crippen molar-refractivity contribution in [2.75, 3.05) is 14.1 Å². The van der Waals surface area contributed by atoms with Gasteiger partial charge in [-0.15, -0.1) is 0 Å². The third-order valence-corrected chi connectivity index (χ3v) is 1.25. The van der Waals surface area contributed by atoms with E-state index in [1.165, 1.54) is 0 Å². The van der Waals surface area contributed by atoms with Crippen molar-refractivity contribution in [1.82, 2.24) is 4.90 Å². The molecule has 0 aromatic heterocycles. The van der Waals surface area contributed by atoms with Gasteiger partial charge in [0, 0.05) is 0 Å². The van der Waals surface area contributed by atoms with E-state index in [1.807, 2.05) is 25.9 Å². The van der Waals surface area contributed by atoms with Crippen LogP contribution >= 0.6 is 0 Å². The van der Waals surface area contributed by atoms with Gasteiger partial charge in [-0.3, -0.25) is 0 Å². The van der Waals surface area contributed by atoms with E-state index >= 15 is 0 Å². The summed E-state index contributed by atoms with van der Waals surface area (Å²) in [7, 11) is 4.00. The molecule has 0 spiro atoms. The van der Waals surface area contributed by atoms with Gasteiger partial charge >= 0.3 is 0 Å². The molecule has 1 unspecified atom stereocenters. The minimum absolute atomic E-state index is 0.618. The molecule has 58 valence electrons. The Kier molecular flexibility index (Phi) is 5.32. The van der Waals surface area contributed by atoms with Crippen molar-refractivity contribution in [1.29, 1.82) is 0 Å². The Bertz CT molecular complexity index is 94.9. The normalized spacial score (nSPS) is 14.9. The summed E-state index contributed by atoms with van der Waals surface area (Å²) in [5, 5.41) is 0. The van der Waals surface area contributed by atoms with Crippen LogP contribution in [0.15, 0.2) is 12.2 Å². The lowest BCUT2D eigenvalue weighted by atomic mass is 10.1. The fourth-order valence-corrected chi connectivity index (χ4v) is 0.723. The van der Waals surface area contributed by atoms with Crippen LogP contribution in [0.25, 0.3) is 0 Å². The monoisotopic (exact) mass is 139 g/mol. The molecule has 0 amide bonds. The van der Waals surface area contributed by atoms with Crippen LogP contribution in [0.1, 0.15) is 20.3 Å². The molecule has 0 saturated carbocycles. The Morgan fingerprint density at radius 1 is 1.50 bits per heavy atom. The Morgan fingerprint density at radius 3 is 2.50 bits per heavy atom. The topological polar surface area (TPSA) is 3.24 Å². The molecule has 0 N–H and O–H groups in total. The Morgan fingerprint density at radius 2 is 2.10 bits per heavy atom. The van der Waals surface area contributed by atoms with Gasteiger partial charge in [0.15, 0.2) is 0 Å². The molecule has 0 aromatic carbocycles. The number of rotatable bonds is 4. The number of nitrogens with zero attached hydrogens (tertiary/aromatic N) is 1. The molecule has 0 heterocycles. The quantitative estimate of drug-likeness (QED) is 0.426. The van der Waals surface area contributed by atoms with Crippen LogP contribution < -0.4 is 0 Å². The zero-order valence-electron chi connectivity index (χ0n) is 7.39. The number of hydrogen-bond acceptors (Lipinski definition) is 1. The van der Waals surface area contributed by atoms with Crippen molar-refractivity contribution in [3.05, 3.63) is 18.7 Å². The van der Waals surface area contributed by atoms with Crippen molar-refractivity contribution in [3.8, 4) is 0 Å². The molecule has 0 aliphatic rings. The molecule has 0 aliphatic heterocycles. The zero-order chi connectivity index (χ0) is 7.98. The summed E-state index contributed by atoms with van der Waals surface area (Å²) in [6.07, 6.45) is 5.29. The fraction of sp³-hybridized carbons (Fsp3) is 0.667. The first-order valence-corrected chi connectivity index (χ1v) is 3.70. The number of hydrogen-bond donors (Lipinski definition) is 0. The van der Waals surface area contributed by atoms with Gasteiger partial charge < -0.3 is 4.90 Å². The second-order valence-electron chi connectivity index (χ2n) is 2.76. The van der Waals surface area contributed by atoms with Crippen LogP contribution in [0.2, 0.25) is 0 Å². The highest BCUT2D eigenvalue weighted by molar-refractivity contribution is 4.85. The van der Waals surface area contributed by atoms with Crippen molar-refractivity contribution < 1.29 is 0 Å². The van der Waals surface area contributed by atoms with E-state index in [1.54, 1.807) is 0 Å². The first-order valence-electron chi connectivity index (χ1n) is 3.70. The molecule has 0 saturated heterocycles. The summed E-state index contributed by atoms with van der Waals surface area (Å²) in [4.78, 5) is 1.97. The molecule has 2 radical (unpaired) electrons. The van der Waals surface area contributed by atoms with E-state index in [2.05, 4.69) is 25.6 Å². The van der Waals surface area contributed by atoms with Crippen molar-refractivity contribution in [3.63, 3.8) is 0 Å². The number of allylic oxidation sites excluding steroid dienone is 2. The van der Waals surface area contributed by atoms with Crippen molar-refractivity contribution in [2.24, 2.45) is 5.92 Å². The average molecular weight is 139 g/mol. The van der Waals surface area contributed by atoms with Gasteiger partial charge in [0.05, 0.1) is 6.54 Å². The maximum Gasteiger partial charge on any atom is 0.0616 e. The fourth-order valence-electron chi connectivity index (χ4n) is 0.723. The lowest BCUT2D eigenvalue weighted by Gasteiger charge is -2.09. The van der Waals surface area contributed by atoms with Gasteiger partial charge in [-0.25, -0.2) is 0 Å². The SMILES string of the molecule is C/C=C/C(C)C[C]N(C)C. The van der Waals surface area contributed by atoms with Crippen molar-refractivity contribution in [2.45, 2.75) is 20.3 Å². The van der Waals surface area contributed by atoms with Crippen molar-refractivity contribution >= 4 is 0 Å². The Hall–Kier alpha value is -0.300. The van der Waals surface area contributed by atoms with Crippen LogP contribution in [0, 0.1) is 12.5 Å². The summed E-state index contributed by atoms with van der Waals surface area (Å²) >= 11 is 0. The van der Waals surface area contributed by atoms with E-state index in [-0.39, 0.29) is 0 Å². The summed E-state index contributed by atoms with van der Waals surface area (Å²) < 4.78 is 0. The van der Waals surface area contributed by atoms with Crippen LogP contribution in [-0.2, 0) is 0 Å². The van der Waals surface area contributed by atoms with Gasteiger partial charge in [0.1, 0.15) is 0 Å². The molecular weight excluding hydrogens is 122 g/mol. The molecule has 0 aliphatic carbocycles. The van der Waals surface area contributed by atoms with Crippen LogP contribution in [0.5, 0.6) is 0 Å². The first-order chi connectivity index (χ1) is 4.66. The van der Waals surface area contributed by atoms with Crippen LogP contribution in [0.3, 0.4) is 0 Å². The third kappa shape index (κ3) is 5.83. The van der Waals surface area contributed by atoms with Gasteiger partial charge in [0.25, 0.3) is 0 Å². The standard InChI is InChI=1S/C9H17N/c1-5-6-9(2)7-8-10(3)4/h5-6,9H,7H2,1-4H3/b6-5+. The van der Waals surface area contributed by atoms with Gasteiger partial charge in [-0.05, 0) is 33.4 Å². The smallest absolute Gasteiger partial charge is 0.0616 e. The third-order valence-electron chi connectivity index (χ3n) is 1.25. The lowest BCUT2D eigenvalue weighted by Crippen LogP contribution is -2.08. The minimum Gasteiger partial charge on any atom is -0.300 e. The van der Waals surface area contributed by atoms with Gasteiger partial charge in [-0.2, -0.15) is 0 Å². The van der Waals surface area contributed by atoms with Crippen LogP contribution in [-0.4, -0.2) is 19.0 Å². The lowest BCUT2D eigenvalue weighted by molar-refractivity contribution is 0.454. The maximum atomic E-state index is 3.21. The highest BCUT2D eigenvalue weighted by Gasteiger charge is 1.97. The maximum absolute atomic E-state index is 3.21. The Balaban J connectivity index is 3.30. The van der Waals surface area contributed by atoms with E-state index in [4.69, 9.17) is 0 Å². The molecule has 0 bridgehead atoms. The summed E-state index contributed by atoms with van der Waals surface area (Å²) in [5.74, 6) is 0.618. The second kappa shape index (κ2) is 5.48. The molecule has 10 heavy (non-hydrogen) atoms. The molecule has 0 aromatic rings. The second-order valence-corrected chi connectivity index (χ2v) is 2.76. The predicted molar refractivity (Wildman–Crippen MR) is 45.5 cm³/mol. The van der Waals surface area contributed by atoms with Crippen LogP contribution in [0.4, 0.5) is 0 Å². The molecule has 1 heteroatoms. The van der Waals surface area contributed by atoms with E-state index < -0.39 is 0 Å². The molecule has 0 fully saturated rings. The van der Waals surface area contributed by atoms with E-state index in [9.17, 15) is 0 Å². The van der Waals surface area contributed by atoms with E-state index in [0.717, 1.165) is 6.42 Å².